The Labute approximate surface area is 136 Å². The van der Waals surface area contributed by atoms with E-state index in [-0.39, 0.29) is 23.6 Å². The van der Waals surface area contributed by atoms with Gasteiger partial charge in [-0.25, -0.2) is 4.39 Å². The Morgan fingerprint density at radius 1 is 1.30 bits per heavy atom. The van der Waals surface area contributed by atoms with Crippen LogP contribution < -0.4 is 4.74 Å². The molecule has 2 rings (SSSR count). The molecular weight excluding hydrogens is 299 g/mol. The molecule has 1 heterocycles. The number of ether oxygens (including phenoxy) is 1. The Kier molecular flexibility index (Phi) is 6.80. The number of hydrogen-bond donors (Lipinski definition) is 1. The second kappa shape index (κ2) is 8.84. The van der Waals surface area contributed by atoms with Crippen molar-refractivity contribution in [2.75, 3.05) is 39.3 Å². The number of carbonyl (C=O) groups excluding carboxylic acids is 1. The van der Waals surface area contributed by atoms with Gasteiger partial charge in [0.15, 0.2) is 11.6 Å². The molecule has 6 heteroatoms. The quantitative estimate of drug-likeness (QED) is 0.773. The number of piperazine rings is 1. The highest BCUT2D eigenvalue weighted by Crippen LogP contribution is 2.15. The summed E-state index contributed by atoms with van der Waals surface area (Å²) in [6.07, 6.45) is 0.638. The van der Waals surface area contributed by atoms with Gasteiger partial charge in [-0.2, -0.15) is 0 Å². The molecule has 0 radical (unpaired) electrons. The number of β-amino-alcohol motifs (C(OH)–C–C–N with tert-alkyl or cyclic N) is 1. The van der Waals surface area contributed by atoms with Crippen molar-refractivity contribution in [1.29, 1.82) is 0 Å². The van der Waals surface area contributed by atoms with Gasteiger partial charge in [-0.15, -0.1) is 0 Å². The fourth-order valence-corrected chi connectivity index (χ4v) is 2.68. The van der Waals surface area contributed by atoms with E-state index in [1.807, 2.05) is 4.90 Å². The molecule has 128 valence electrons. The highest BCUT2D eigenvalue weighted by atomic mass is 19.1. The molecule has 1 N–H and O–H groups in total. The summed E-state index contributed by atoms with van der Waals surface area (Å²) in [5.41, 5.74) is 0. The molecule has 1 amide bonds. The topological polar surface area (TPSA) is 53.0 Å². The summed E-state index contributed by atoms with van der Waals surface area (Å²) in [6.45, 7) is 5.73. The molecule has 23 heavy (non-hydrogen) atoms. The van der Waals surface area contributed by atoms with Gasteiger partial charge in [-0.1, -0.05) is 12.1 Å². The van der Waals surface area contributed by atoms with Crippen LogP contribution in [0.5, 0.6) is 5.75 Å². The third-order valence-electron chi connectivity index (χ3n) is 3.88. The van der Waals surface area contributed by atoms with Crippen LogP contribution in [0.25, 0.3) is 0 Å². The number of amides is 1. The summed E-state index contributed by atoms with van der Waals surface area (Å²) in [7, 11) is 0. The lowest BCUT2D eigenvalue weighted by Crippen LogP contribution is -2.50. The third-order valence-corrected chi connectivity index (χ3v) is 3.88. The van der Waals surface area contributed by atoms with E-state index in [1.54, 1.807) is 25.1 Å². The van der Waals surface area contributed by atoms with Crippen molar-refractivity contribution in [3.05, 3.63) is 30.1 Å². The Bertz CT molecular complexity index is 502. The largest absolute Gasteiger partial charge is 0.491 e. The minimum atomic E-state index is -0.381. The van der Waals surface area contributed by atoms with Crippen LogP contribution in [0.3, 0.4) is 0 Å². The maximum atomic E-state index is 13.4. The summed E-state index contributed by atoms with van der Waals surface area (Å²) < 4.78 is 18.7. The van der Waals surface area contributed by atoms with Gasteiger partial charge in [-0.3, -0.25) is 9.69 Å². The molecule has 1 aliphatic rings. The summed E-state index contributed by atoms with van der Waals surface area (Å²) in [5.74, 6) is -0.0430. The molecular formula is C17H25FN2O3. The van der Waals surface area contributed by atoms with Crippen molar-refractivity contribution < 1.29 is 19.0 Å². The van der Waals surface area contributed by atoms with Crippen molar-refractivity contribution in [2.45, 2.75) is 25.9 Å². The van der Waals surface area contributed by atoms with Crippen LogP contribution in [0.1, 0.15) is 19.8 Å². The standard InChI is InChI=1S/C17H25FN2O3/c1-14(21)13-19-8-10-20(11-9-19)17(22)7-4-12-23-16-6-3-2-5-15(16)18/h2-3,5-6,14,21H,4,7-13H2,1H3/t14-/m0/s1. The smallest absolute Gasteiger partial charge is 0.222 e. The molecule has 0 unspecified atom stereocenters. The van der Waals surface area contributed by atoms with E-state index in [4.69, 9.17) is 4.74 Å². The van der Waals surface area contributed by atoms with E-state index in [9.17, 15) is 14.3 Å². The van der Waals surface area contributed by atoms with Gasteiger partial charge in [0, 0.05) is 39.1 Å². The van der Waals surface area contributed by atoms with Gasteiger partial charge < -0.3 is 14.7 Å². The second-order valence-corrected chi connectivity index (χ2v) is 5.91. The summed E-state index contributed by atoms with van der Waals surface area (Å²) in [6, 6.07) is 6.27. The van der Waals surface area contributed by atoms with Crippen molar-refractivity contribution >= 4 is 5.91 Å². The molecule has 1 atom stereocenters. The molecule has 0 saturated carbocycles. The van der Waals surface area contributed by atoms with E-state index >= 15 is 0 Å². The van der Waals surface area contributed by atoms with Gasteiger partial charge >= 0.3 is 0 Å². The van der Waals surface area contributed by atoms with Gasteiger partial charge in [0.2, 0.25) is 5.91 Å². The Morgan fingerprint density at radius 3 is 2.65 bits per heavy atom. The van der Waals surface area contributed by atoms with Crippen molar-refractivity contribution in [2.24, 2.45) is 0 Å². The van der Waals surface area contributed by atoms with Crippen molar-refractivity contribution in [3.63, 3.8) is 0 Å². The van der Waals surface area contributed by atoms with E-state index < -0.39 is 0 Å². The van der Waals surface area contributed by atoms with Crippen molar-refractivity contribution in [1.82, 2.24) is 9.80 Å². The molecule has 1 aliphatic heterocycles. The molecule has 1 aromatic carbocycles. The second-order valence-electron chi connectivity index (χ2n) is 5.91. The normalized spacial score (nSPS) is 17.1. The number of aliphatic hydroxyl groups excluding tert-OH is 1. The minimum Gasteiger partial charge on any atom is -0.491 e. The molecule has 0 bridgehead atoms. The highest BCUT2D eigenvalue weighted by molar-refractivity contribution is 5.76. The fraction of sp³-hybridized carbons (Fsp3) is 0.588. The monoisotopic (exact) mass is 324 g/mol. The van der Waals surface area contributed by atoms with Gasteiger partial charge in [-0.05, 0) is 25.5 Å². The first-order chi connectivity index (χ1) is 11.1. The molecule has 1 fully saturated rings. The van der Waals surface area contributed by atoms with Crippen LogP contribution in [-0.2, 0) is 4.79 Å². The third kappa shape index (κ3) is 5.80. The SMILES string of the molecule is C[C@H](O)CN1CCN(C(=O)CCCOc2ccccc2F)CC1. The number of carbonyl (C=O) groups is 1. The average molecular weight is 324 g/mol. The fourth-order valence-electron chi connectivity index (χ4n) is 2.68. The van der Waals surface area contributed by atoms with Gasteiger partial charge in [0.25, 0.3) is 0 Å². The lowest BCUT2D eigenvalue weighted by molar-refractivity contribution is -0.133. The van der Waals surface area contributed by atoms with Gasteiger partial charge in [0.05, 0.1) is 12.7 Å². The number of halogens is 1. The Balaban J connectivity index is 1.63. The van der Waals surface area contributed by atoms with Crippen LogP contribution in [0.15, 0.2) is 24.3 Å². The first-order valence-electron chi connectivity index (χ1n) is 8.12. The zero-order valence-corrected chi connectivity index (χ0v) is 13.6. The number of aliphatic hydroxyl groups is 1. The first-order valence-corrected chi connectivity index (χ1v) is 8.12. The minimum absolute atomic E-state index is 0.110. The molecule has 5 nitrogen and oxygen atoms in total. The predicted molar refractivity (Wildman–Crippen MR) is 85.8 cm³/mol. The Hall–Kier alpha value is -1.66. The van der Waals surface area contributed by atoms with Crippen molar-refractivity contribution in [3.8, 4) is 5.75 Å². The van der Waals surface area contributed by atoms with Crippen LogP contribution in [0, 0.1) is 5.82 Å². The number of hydrogen-bond acceptors (Lipinski definition) is 4. The zero-order valence-electron chi connectivity index (χ0n) is 13.6. The first kappa shape index (κ1) is 17.7. The van der Waals surface area contributed by atoms with Crippen LogP contribution >= 0.6 is 0 Å². The molecule has 1 saturated heterocycles. The summed E-state index contributed by atoms with van der Waals surface area (Å²) in [4.78, 5) is 16.1. The number of nitrogens with zero attached hydrogens (tertiary/aromatic N) is 2. The maximum Gasteiger partial charge on any atom is 0.222 e. The van der Waals surface area contributed by atoms with Gasteiger partial charge in [0.1, 0.15) is 0 Å². The number of benzene rings is 1. The molecule has 1 aromatic rings. The van der Waals surface area contributed by atoms with Crippen LogP contribution in [0.2, 0.25) is 0 Å². The van der Waals surface area contributed by atoms with E-state index in [0.29, 0.717) is 39.1 Å². The van der Waals surface area contributed by atoms with E-state index in [0.717, 1.165) is 13.1 Å². The molecule has 0 aromatic heterocycles. The number of para-hydroxylation sites is 1. The lowest BCUT2D eigenvalue weighted by Gasteiger charge is -2.35. The molecule has 0 spiro atoms. The summed E-state index contributed by atoms with van der Waals surface area (Å²) in [5, 5.41) is 9.37. The lowest BCUT2D eigenvalue weighted by atomic mass is 10.2. The molecule has 0 aliphatic carbocycles. The predicted octanol–water partition coefficient (Wildman–Crippen LogP) is 1.51. The maximum absolute atomic E-state index is 13.4. The number of rotatable bonds is 7. The summed E-state index contributed by atoms with van der Waals surface area (Å²) >= 11 is 0. The highest BCUT2D eigenvalue weighted by Gasteiger charge is 2.21. The van der Waals surface area contributed by atoms with Crippen LogP contribution in [0.4, 0.5) is 4.39 Å². The van der Waals surface area contributed by atoms with E-state index in [2.05, 4.69) is 4.90 Å². The van der Waals surface area contributed by atoms with E-state index in [1.165, 1.54) is 6.07 Å². The Morgan fingerprint density at radius 2 is 2.00 bits per heavy atom. The average Bonchev–Trinajstić information content (AvgIpc) is 2.53. The zero-order chi connectivity index (χ0) is 16.7. The van der Waals surface area contributed by atoms with Crippen LogP contribution in [-0.4, -0.2) is 66.2 Å².